The van der Waals surface area contributed by atoms with Gasteiger partial charge in [-0.25, -0.2) is 12.8 Å². The Morgan fingerprint density at radius 3 is 2.65 bits per heavy atom. The average Bonchev–Trinajstić information content (AvgIpc) is 3.06. The van der Waals surface area contributed by atoms with Crippen LogP contribution in [-0.2, 0) is 20.2 Å². The second-order valence-corrected chi connectivity index (χ2v) is 9.22. The second kappa shape index (κ2) is 6.29. The number of sulfonamides is 1. The minimum Gasteiger partial charge on any atom is -0.312 e. The quantitative estimate of drug-likeness (QED) is 0.835. The lowest BCUT2D eigenvalue weighted by molar-refractivity contribution is -0.112. The number of amides is 1. The molecular weight excluding hydrogens is 341 g/mol. The van der Waals surface area contributed by atoms with Crippen molar-refractivity contribution >= 4 is 32.5 Å². The van der Waals surface area contributed by atoms with Crippen LogP contribution in [0.15, 0.2) is 17.6 Å². The lowest BCUT2D eigenvalue weighted by atomic mass is 9.92. The molecule has 1 atom stereocenters. The highest BCUT2D eigenvalue weighted by Crippen LogP contribution is 2.28. The topological polar surface area (TPSA) is 79.4 Å². The fourth-order valence-electron chi connectivity index (χ4n) is 2.05. The molecule has 1 fully saturated rings. The maximum absolute atomic E-state index is 13.2. The van der Waals surface area contributed by atoms with Crippen molar-refractivity contribution in [1.29, 1.82) is 0 Å². The van der Waals surface area contributed by atoms with Crippen molar-refractivity contribution in [2.24, 2.45) is 0 Å². The van der Waals surface area contributed by atoms with Crippen LogP contribution < -0.4 is 5.32 Å². The first-order valence-corrected chi connectivity index (χ1v) is 9.35. The molecular formula is C14H20FN3O3S2. The van der Waals surface area contributed by atoms with Crippen molar-refractivity contribution in [3.63, 3.8) is 0 Å². The van der Waals surface area contributed by atoms with E-state index in [1.54, 1.807) is 6.07 Å². The molecule has 1 amide bonds. The van der Waals surface area contributed by atoms with E-state index in [1.165, 1.54) is 0 Å². The first-order valence-electron chi connectivity index (χ1n) is 7.13. The van der Waals surface area contributed by atoms with Crippen LogP contribution >= 0.6 is 11.5 Å². The number of alkyl halides is 1. The number of aromatic nitrogens is 1. The van der Waals surface area contributed by atoms with Gasteiger partial charge in [-0.1, -0.05) is 27.4 Å². The molecule has 128 valence electrons. The van der Waals surface area contributed by atoms with Gasteiger partial charge in [-0.3, -0.25) is 4.79 Å². The summed E-state index contributed by atoms with van der Waals surface area (Å²) in [5, 5.41) is 2.94. The molecule has 9 heteroatoms. The third-order valence-electron chi connectivity index (χ3n) is 3.51. The molecule has 2 rings (SSSR count). The summed E-state index contributed by atoms with van der Waals surface area (Å²) in [5.74, 6) is -0.823. The molecule has 2 heterocycles. The third kappa shape index (κ3) is 3.96. The monoisotopic (exact) mass is 361 g/mol. The molecule has 0 spiro atoms. The van der Waals surface area contributed by atoms with Crippen molar-refractivity contribution < 1.29 is 17.6 Å². The Morgan fingerprint density at radius 1 is 1.52 bits per heavy atom. The summed E-state index contributed by atoms with van der Waals surface area (Å²) in [5.41, 5.74) is 0.625. The van der Waals surface area contributed by atoms with E-state index in [0.717, 1.165) is 21.5 Å². The van der Waals surface area contributed by atoms with Gasteiger partial charge in [0.1, 0.15) is 16.1 Å². The van der Waals surface area contributed by atoms with Gasteiger partial charge in [0.25, 0.3) is 5.91 Å². The first-order chi connectivity index (χ1) is 10.5. The van der Waals surface area contributed by atoms with E-state index in [-0.39, 0.29) is 24.9 Å². The van der Waals surface area contributed by atoms with E-state index in [0.29, 0.717) is 5.00 Å². The van der Waals surface area contributed by atoms with Crippen molar-refractivity contribution in [2.45, 2.75) is 38.8 Å². The number of halogens is 1. The number of nitrogens with zero attached hydrogens (tertiary/aromatic N) is 2. The molecule has 23 heavy (non-hydrogen) atoms. The SMILES string of the molecule is C=C(C(=O)Nc1cc(C(C)(C)C)ns1)S(=O)(=O)N1CC[C@@H](F)C1. The molecule has 1 N–H and O–H groups in total. The number of hydrogen-bond donors (Lipinski definition) is 1. The summed E-state index contributed by atoms with van der Waals surface area (Å²) in [6.45, 7) is 9.15. The van der Waals surface area contributed by atoms with Crippen LogP contribution in [0.1, 0.15) is 32.9 Å². The zero-order valence-electron chi connectivity index (χ0n) is 13.3. The first kappa shape index (κ1) is 18.0. The Bertz CT molecular complexity index is 722. The largest absolute Gasteiger partial charge is 0.312 e. The average molecular weight is 361 g/mol. The number of anilines is 1. The molecule has 1 aliphatic rings. The Balaban J connectivity index is 2.08. The third-order valence-corrected chi connectivity index (χ3v) is 6.04. The number of carbonyl (C=O) groups is 1. The summed E-state index contributed by atoms with van der Waals surface area (Å²) in [6, 6.07) is 1.70. The number of hydrogen-bond acceptors (Lipinski definition) is 5. The number of nitrogens with one attached hydrogen (secondary N) is 1. The summed E-state index contributed by atoms with van der Waals surface area (Å²) < 4.78 is 42.9. The van der Waals surface area contributed by atoms with Gasteiger partial charge in [0.05, 0.1) is 5.69 Å². The summed E-state index contributed by atoms with van der Waals surface area (Å²) in [6.07, 6.45) is -1.06. The van der Waals surface area contributed by atoms with Gasteiger partial charge in [-0.05, 0) is 24.0 Å². The van der Waals surface area contributed by atoms with E-state index < -0.39 is 27.0 Å². The zero-order chi connectivity index (χ0) is 17.4. The van der Waals surface area contributed by atoms with E-state index in [1.807, 2.05) is 20.8 Å². The maximum atomic E-state index is 13.2. The van der Waals surface area contributed by atoms with Gasteiger partial charge in [0.15, 0.2) is 0 Å². The van der Waals surface area contributed by atoms with Crippen LogP contribution in [-0.4, -0.2) is 42.3 Å². The lowest BCUT2D eigenvalue weighted by Gasteiger charge is -2.16. The Labute approximate surface area is 139 Å². The fraction of sp³-hybridized carbons (Fsp3) is 0.571. The van der Waals surface area contributed by atoms with Crippen molar-refractivity contribution in [3.8, 4) is 0 Å². The van der Waals surface area contributed by atoms with Gasteiger partial charge >= 0.3 is 0 Å². The Hall–Kier alpha value is -1.32. The van der Waals surface area contributed by atoms with Crippen LogP contribution in [0.2, 0.25) is 0 Å². The van der Waals surface area contributed by atoms with Crippen molar-refractivity contribution in [3.05, 3.63) is 23.2 Å². The molecule has 1 aliphatic heterocycles. The number of carbonyl (C=O) groups excluding carboxylic acids is 1. The molecule has 0 aliphatic carbocycles. The fourth-order valence-corrected chi connectivity index (χ4v) is 4.17. The second-order valence-electron chi connectivity index (χ2n) is 6.45. The van der Waals surface area contributed by atoms with Crippen molar-refractivity contribution in [2.75, 3.05) is 18.4 Å². The van der Waals surface area contributed by atoms with Crippen LogP contribution in [0.5, 0.6) is 0 Å². The lowest BCUT2D eigenvalue weighted by Crippen LogP contribution is -2.33. The van der Waals surface area contributed by atoms with Gasteiger partial charge in [-0.2, -0.15) is 8.68 Å². The molecule has 0 unspecified atom stereocenters. The predicted molar refractivity (Wildman–Crippen MR) is 88.6 cm³/mol. The maximum Gasteiger partial charge on any atom is 0.268 e. The summed E-state index contributed by atoms with van der Waals surface area (Å²) in [4.78, 5) is 11.5. The van der Waals surface area contributed by atoms with Crippen LogP contribution in [0, 0.1) is 0 Å². The highest BCUT2D eigenvalue weighted by Gasteiger charge is 2.35. The van der Waals surface area contributed by atoms with Gasteiger partial charge in [-0.15, -0.1) is 0 Å². The van der Waals surface area contributed by atoms with E-state index in [9.17, 15) is 17.6 Å². The molecule has 0 aromatic carbocycles. The van der Waals surface area contributed by atoms with E-state index in [4.69, 9.17) is 0 Å². The Morgan fingerprint density at radius 2 is 2.17 bits per heavy atom. The highest BCUT2D eigenvalue weighted by molar-refractivity contribution is 7.94. The standard InChI is InChI=1S/C14H20FN3O3S2/c1-9(23(20,21)18-6-5-10(15)8-18)13(19)16-12-7-11(17-22-12)14(2,3)4/h7,10H,1,5-6,8H2,2-4H3,(H,16,19)/t10-/m1/s1. The number of rotatable bonds is 4. The van der Waals surface area contributed by atoms with Crippen LogP contribution in [0.25, 0.3) is 0 Å². The molecule has 6 nitrogen and oxygen atoms in total. The van der Waals surface area contributed by atoms with E-state index in [2.05, 4.69) is 16.3 Å². The zero-order valence-corrected chi connectivity index (χ0v) is 14.9. The van der Waals surface area contributed by atoms with Gasteiger partial charge in [0.2, 0.25) is 10.0 Å². The smallest absolute Gasteiger partial charge is 0.268 e. The molecule has 0 radical (unpaired) electrons. The molecule has 0 bridgehead atoms. The molecule has 1 saturated heterocycles. The van der Waals surface area contributed by atoms with Crippen molar-refractivity contribution in [1.82, 2.24) is 8.68 Å². The van der Waals surface area contributed by atoms with E-state index >= 15 is 0 Å². The normalized spacial score (nSPS) is 19.7. The molecule has 1 aromatic rings. The minimum atomic E-state index is -4.04. The van der Waals surface area contributed by atoms with Gasteiger partial charge < -0.3 is 5.32 Å². The highest BCUT2D eigenvalue weighted by atomic mass is 32.2. The summed E-state index contributed by atoms with van der Waals surface area (Å²) in [7, 11) is -4.04. The predicted octanol–water partition coefficient (Wildman–Crippen LogP) is 2.27. The van der Waals surface area contributed by atoms with Gasteiger partial charge in [0, 0.05) is 18.5 Å². The molecule has 1 aromatic heterocycles. The van der Waals surface area contributed by atoms with Crippen LogP contribution in [0.3, 0.4) is 0 Å². The Kier molecular flexibility index (Phi) is 4.93. The van der Waals surface area contributed by atoms with Crippen LogP contribution in [0.4, 0.5) is 9.39 Å². The minimum absolute atomic E-state index is 0.0600. The summed E-state index contributed by atoms with van der Waals surface area (Å²) >= 11 is 1.07. The molecule has 0 saturated carbocycles.